The maximum absolute atomic E-state index is 12.8. The van der Waals surface area contributed by atoms with Crippen molar-refractivity contribution in [3.8, 4) is 17.0 Å². The van der Waals surface area contributed by atoms with E-state index in [-0.39, 0.29) is 40.3 Å². The lowest BCUT2D eigenvalue weighted by Crippen LogP contribution is -2.18. The van der Waals surface area contributed by atoms with Crippen molar-refractivity contribution in [1.82, 2.24) is 90.0 Å². The number of halogens is 2. The first kappa shape index (κ1) is 82.1. The van der Waals surface area contributed by atoms with Crippen molar-refractivity contribution < 1.29 is 19.3 Å². The molecule has 12 aromatic rings. The molecule has 6 aromatic heterocycles. The van der Waals surface area contributed by atoms with E-state index >= 15 is 0 Å². The molecule has 0 aliphatic heterocycles. The largest absolute Gasteiger partial charge is 0.497 e. The van der Waals surface area contributed by atoms with Gasteiger partial charge in [0.15, 0.2) is 0 Å². The molecule has 0 aliphatic rings. The molecule has 6 heterocycles. The van der Waals surface area contributed by atoms with Gasteiger partial charge >= 0.3 is 0 Å². The van der Waals surface area contributed by atoms with Crippen LogP contribution >= 0.6 is 11.6 Å². The number of aliphatic hydroxyl groups is 2. The van der Waals surface area contributed by atoms with Crippen LogP contribution < -0.4 is 4.74 Å². The lowest BCUT2D eigenvalue weighted by Gasteiger charge is -2.23. The van der Waals surface area contributed by atoms with Gasteiger partial charge in [-0.25, -0.2) is 27.8 Å². The third kappa shape index (κ3) is 28.1. The highest BCUT2D eigenvalue weighted by Crippen LogP contribution is 2.32. The highest BCUT2D eigenvalue weighted by atomic mass is 35.5. The summed E-state index contributed by atoms with van der Waals surface area (Å²) in [6, 6.07) is 50.7. The van der Waals surface area contributed by atoms with Crippen LogP contribution in [0, 0.1) is 35.9 Å². The zero-order valence-electron chi connectivity index (χ0n) is 62.5. The van der Waals surface area contributed by atoms with E-state index in [1.165, 1.54) is 39.9 Å². The Morgan fingerprint density at radius 2 is 0.767 bits per heavy atom. The van der Waals surface area contributed by atoms with Gasteiger partial charge in [0.05, 0.1) is 75.5 Å². The summed E-state index contributed by atoms with van der Waals surface area (Å²) in [7, 11) is 1.66. The summed E-state index contributed by atoms with van der Waals surface area (Å²) < 4.78 is 28.8. The topological polar surface area (TPSA) is 234 Å². The number of aliphatic hydroxyl groups excluding tert-OH is 2. The number of rotatable bonds is 15. The third-order valence-corrected chi connectivity index (χ3v) is 15.7. The molecule has 2 N–H and O–H groups in total. The first-order valence-electron chi connectivity index (χ1n) is 34.1. The smallest absolute Gasteiger partial charge is 0.123 e. The van der Waals surface area contributed by atoms with Crippen molar-refractivity contribution in [3.63, 3.8) is 0 Å². The number of benzene rings is 6. The first-order valence-corrected chi connectivity index (χ1v) is 34.4. The van der Waals surface area contributed by atoms with E-state index < -0.39 is 12.2 Å². The van der Waals surface area contributed by atoms with Gasteiger partial charge in [0.25, 0.3) is 0 Å². The number of nitrogens with zero attached hydrogens (tertiary/aromatic N) is 18. The number of ether oxygens (including phenoxy) is 1. The minimum absolute atomic E-state index is 0. The Labute approximate surface area is 613 Å². The lowest BCUT2D eigenvalue weighted by atomic mass is 9.87. The van der Waals surface area contributed by atoms with Crippen molar-refractivity contribution >= 4 is 11.6 Å². The van der Waals surface area contributed by atoms with Crippen LogP contribution in [0.25, 0.3) is 11.3 Å². The van der Waals surface area contributed by atoms with E-state index in [0.717, 1.165) is 70.9 Å². The molecule has 21 nitrogen and oxygen atoms in total. The molecule has 0 saturated carbocycles. The van der Waals surface area contributed by atoms with Gasteiger partial charge in [-0.3, -0.25) is 4.68 Å². The molecule has 2 unspecified atom stereocenters. The highest BCUT2D eigenvalue weighted by molar-refractivity contribution is 6.30. The SMILES string of the molecule is C.CC(C)(C)C(O)c1cn(Cc2ccc(F)cc2)nn1.CC(C)(C)C(O)c1cn(Cc2ccccc2)nn1.CC(C)(C)c1cn(Cc2ccc(Cl)cc2)nn1.CC(C)(C)c1cn(Cc2ccccc2)nn1.COc1ccc(-c2cn(CC(C)(C)C)nn2)cc1.Cc1ccc(Cn2cc(C)nn2)cc1. The minimum Gasteiger partial charge on any atom is -0.497 e. The predicted molar refractivity (Wildman–Crippen MR) is 407 cm³/mol. The Balaban J connectivity index is 0.000000194. The van der Waals surface area contributed by atoms with Crippen LogP contribution in [0.4, 0.5) is 4.39 Å². The summed E-state index contributed by atoms with van der Waals surface area (Å²) in [5.74, 6) is 0.590. The molecule has 6 aromatic carbocycles. The summed E-state index contributed by atoms with van der Waals surface area (Å²) >= 11 is 5.84. The molecular weight excluding hydrogens is 1320 g/mol. The van der Waals surface area contributed by atoms with Crippen LogP contribution in [0.15, 0.2) is 195 Å². The molecule has 0 bridgehead atoms. The fourth-order valence-electron chi connectivity index (χ4n) is 9.56. The van der Waals surface area contributed by atoms with Gasteiger partial charge in [-0.2, -0.15) is 0 Å². The zero-order chi connectivity index (χ0) is 74.4. The van der Waals surface area contributed by atoms with E-state index in [4.69, 9.17) is 16.3 Å². The molecule has 0 aliphatic carbocycles. The van der Waals surface area contributed by atoms with E-state index in [9.17, 15) is 14.6 Å². The monoisotopic (exact) mass is 1420 g/mol. The van der Waals surface area contributed by atoms with E-state index in [1.54, 1.807) is 34.8 Å². The Kier molecular flexibility index (Phi) is 29.7. The number of hydrogen-bond donors (Lipinski definition) is 2. The molecule has 0 spiro atoms. The maximum atomic E-state index is 12.8. The van der Waals surface area contributed by atoms with Crippen LogP contribution in [-0.2, 0) is 50.1 Å². The van der Waals surface area contributed by atoms with Gasteiger partial charge in [0, 0.05) is 46.6 Å². The number of hydrogen-bond acceptors (Lipinski definition) is 15. The van der Waals surface area contributed by atoms with Gasteiger partial charge < -0.3 is 14.9 Å². The molecule has 0 amide bonds. The summed E-state index contributed by atoms with van der Waals surface area (Å²) in [4.78, 5) is 0. The fourth-order valence-corrected chi connectivity index (χ4v) is 9.69. The summed E-state index contributed by atoms with van der Waals surface area (Å²) in [5, 5.41) is 70.0. The molecule has 2 atom stereocenters. The Bertz CT molecular complexity index is 4380. The van der Waals surface area contributed by atoms with Gasteiger partial charge in [-0.05, 0) is 106 Å². The standard InChI is InChI=1S/C14H18FN3O.2C14H19N3O.C13H16ClN3.C13H17N3.C11H13N3.CH4/c1-14(2,3)13(19)12-9-18(17-16-12)8-10-4-6-11(15)7-5-10;1-14(2,3)10-17-9-13(15-16-17)11-5-7-12(18-4)8-6-11;1-14(2,3)13(18)12-10-17(16-15-12)9-11-7-5-4-6-8-11;1-13(2,3)12-9-17(16-15-12)8-10-4-6-11(14)7-5-10;1-13(2,3)12-10-16(15-14-12)9-11-7-5-4-6-8-11;1-9-3-5-11(6-4-9)8-14-7-10(2)12-13-14;/h4-7,9,13,19H,8H2,1-3H3;5-9H,10H2,1-4H3;4-8,10,13,18H,9H2,1-3H3;4-7,9H,8H2,1-3H3;4-8,10H,9H2,1-3H3;3-7H,8H2,1-2H3;1H4. The highest BCUT2D eigenvalue weighted by Gasteiger charge is 2.28. The van der Waals surface area contributed by atoms with Gasteiger partial charge in [0.2, 0.25) is 0 Å². The molecule has 12 rings (SSSR count). The fraction of sp³-hybridized carbons (Fsp3) is 0.400. The quantitative estimate of drug-likeness (QED) is 0.0971. The normalized spacial score (nSPS) is 12.1. The molecule has 23 heteroatoms. The summed E-state index contributed by atoms with van der Waals surface area (Å²) in [6.07, 6.45) is 10.2. The molecule has 548 valence electrons. The van der Waals surface area contributed by atoms with Crippen molar-refractivity contribution in [2.75, 3.05) is 7.11 Å². The Morgan fingerprint density at radius 3 is 1.14 bits per heavy atom. The Hall–Kier alpha value is -9.90. The first-order chi connectivity index (χ1) is 48.0. The van der Waals surface area contributed by atoms with Crippen molar-refractivity contribution in [2.45, 2.75) is 187 Å². The average molecular weight is 1420 g/mol. The molecule has 0 radical (unpaired) electrons. The van der Waals surface area contributed by atoms with E-state index in [0.29, 0.717) is 24.5 Å². The van der Waals surface area contributed by atoms with Crippen molar-refractivity contribution in [1.29, 1.82) is 0 Å². The third-order valence-electron chi connectivity index (χ3n) is 15.5. The number of aromatic nitrogens is 18. The maximum Gasteiger partial charge on any atom is 0.123 e. The van der Waals surface area contributed by atoms with Crippen LogP contribution in [0.5, 0.6) is 5.75 Å². The van der Waals surface area contributed by atoms with E-state index in [2.05, 4.69) is 168 Å². The second kappa shape index (κ2) is 37.3. The lowest BCUT2D eigenvalue weighted by molar-refractivity contribution is 0.0588. The summed E-state index contributed by atoms with van der Waals surface area (Å²) in [6.45, 7) is 39.5. The van der Waals surface area contributed by atoms with Crippen LogP contribution in [-0.4, -0.2) is 107 Å². The summed E-state index contributed by atoms with van der Waals surface area (Å²) in [5.41, 5.74) is 12.9. The molecular formula is C80H106ClFN18O3. The molecule has 0 fully saturated rings. The van der Waals surface area contributed by atoms with Gasteiger partial charge in [0.1, 0.15) is 40.9 Å². The number of aryl methyl sites for hydroxylation is 2. The van der Waals surface area contributed by atoms with Crippen molar-refractivity contribution in [2.24, 2.45) is 16.2 Å². The Morgan fingerprint density at radius 1 is 0.408 bits per heavy atom. The predicted octanol–water partition coefficient (Wildman–Crippen LogP) is 16.4. The number of methoxy groups -OCH3 is 1. The van der Waals surface area contributed by atoms with E-state index in [1.807, 2.05) is 195 Å². The van der Waals surface area contributed by atoms with Crippen molar-refractivity contribution in [3.05, 3.63) is 268 Å². The second-order valence-corrected chi connectivity index (χ2v) is 31.1. The average Bonchev–Trinajstić information content (AvgIpc) is 1.75. The van der Waals surface area contributed by atoms with Crippen LogP contribution in [0.1, 0.15) is 185 Å². The minimum atomic E-state index is -0.658. The van der Waals surface area contributed by atoms with Gasteiger partial charge in [-0.1, -0.05) is 269 Å². The van der Waals surface area contributed by atoms with Gasteiger partial charge in [-0.15, -0.1) is 30.6 Å². The van der Waals surface area contributed by atoms with Crippen LogP contribution in [0.3, 0.4) is 0 Å². The molecule has 0 saturated heterocycles. The second-order valence-electron chi connectivity index (χ2n) is 30.7. The van der Waals surface area contributed by atoms with Crippen LogP contribution in [0.2, 0.25) is 5.02 Å². The zero-order valence-corrected chi connectivity index (χ0v) is 63.2. The molecule has 103 heavy (non-hydrogen) atoms.